The standard InChI is InChI=1S/C21H24N2O4/c1-26-18-9-6-16(7-10-18)8-11-20(24)23-12-2-4-17(15-23)14-22-21(25)19-5-3-13-27-19/h3,5-11,13,17H,2,4,12,14-15H2,1H3,(H,22,25)/b11-8+/t17-/m1/s1. The molecule has 2 amide bonds. The van der Waals surface area contributed by atoms with Gasteiger partial charge in [0.1, 0.15) is 5.75 Å². The van der Waals surface area contributed by atoms with E-state index in [0.717, 1.165) is 30.7 Å². The van der Waals surface area contributed by atoms with E-state index in [1.807, 2.05) is 35.2 Å². The summed E-state index contributed by atoms with van der Waals surface area (Å²) < 4.78 is 10.2. The fourth-order valence-corrected chi connectivity index (χ4v) is 3.15. The second-order valence-corrected chi connectivity index (χ2v) is 6.59. The van der Waals surface area contributed by atoms with Gasteiger partial charge in [0.25, 0.3) is 5.91 Å². The first-order valence-electron chi connectivity index (χ1n) is 9.08. The minimum Gasteiger partial charge on any atom is -0.497 e. The van der Waals surface area contributed by atoms with Crippen LogP contribution in [-0.2, 0) is 4.79 Å². The van der Waals surface area contributed by atoms with E-state index in [2.05, 4.69) is 5.32 Å². The normalized spacial score (nSPS) is 17.1. The number of rotatable bonds is 6. The number of piperidine rings is 1. The van der Waals surface area contributed by atoms with E-state index < -0.39 is 0 Å². The fourth-order valence-electron chi connectivity index (χ4n) is 3.15. The monoisotopic (exact) mass is 368 g/mol. The Morgan fingerprint density at radius 3 is 2.81 bits per heavy atom. The van der Waals surface area contributed by atoms with E-state index in [1.165, 1.54) is 6.26 Å². The molecule has 142 valence electrons. The molecule has 2 heterocycles. The smallest absolute Gasteiger partial charge is 0.286 e. The molecule has 1 aliphatic heterocycles. The van der Waals surface area contributed by atoms with Crippen molar-refractivity contribution in [2.24, 2.45) is 5.92 Å². The van der Waals surface area contributed by atoms with Crippen LogP contribution in [0.3, 0.4) is 0 Å². The van der Waals surface area contributed by atoms with Gasteiger partial charge in [-0.05, 0) is 54.7 Å². The van der Waals surface area contributed by atoms with Gasteiger partial charge in [0.2, 0.25) is 5.91 Å². The first-order valence-corrected chi connectivity index (χ1v) is 9.08. The van der Waals surface area contributed by atoms with E-state index in [1.54, 1.807) is 25.3 Å². The largest absolute Gasteiger partial charge is 0.497 e. The van der Waals surface area contributed by atoms with Gasteiger partial charge >= 0.3 is 0 Å². The number of furan rings is 1. The minimum absolute atomic E-state index is 0.00659. The SMILES string of the molecule is COc1ccc(/C=C/C(=O)N2CCC[C@H](CNC(=O)c3ccco3)C2)cc1. The summed E-state index contributed by atoms with van der Waals surface area (Å²) in [6.07, 6.45) is 6.81. The molecule has 2 aromatic rings. The molecule has 0 spiro atoms. The van der Waals surface area contributed by atoms with E-state index in [9.17, 15) is 9.59 Å². The highest BCUT2D eigenvalue weighted by Crippen LogP contribution is 2.17. The molecule has 1 aliphatic rings. The lowest BCUT2D eigenvalue weighted by Crippen LogP contribution is -2.43. The summed E-state index contributed by atoms with van der Waals surface area (Å²) in [5, 5.41) is 2.88. The Kier molecular flexibility index (Phi) is 6.30. The molecule has 0 saturated carbocycles. The first kappa shape index (κ1) is 18.8. The molecule has 1 aromatic heterocycles. The van der Waals surface area contributed by atoms with Gasteiger partial charge in [0.05, 0.1) is 13.4 Å². The Bertz CT molecular complexity index is 781. The zero-order valence-electron chi connectivity index (χ0n) is 15.4. The number of hydrogen-bond acceptors (Lipinski definition) is 4. The highest BCUT2D eigenvalue weighted by atomic mass is 16.5. The quantitative estimate of drug-likeness (QED) is 0.796. The molecular weight excluding hydrogens is 344 g/mol. The topological polar surface area (TPSA) is 71.8 Å². The van der Waals surface area contributed by atoms with Crippen molar-refractivity contribution < 1.29 is 18.7 Å². The third kappa shape index (κ3) is 5.23. The molecule has 0 unspecified atom stereocenters. The number of hydrogen-bond donors (Lipinski definition) is 1. The van der Waals surface area contributed by atoms with Crippen LogP contribution in [0, 0.1) is 5.92 Å². The van der Waals surface area contributed by atoms with E-state index in [0.29, 0.717) is 18.8 Å². The highest BCUT2D eigenvalue weighted by Gasteiger charge is 2.23. The van der Waals surface area contributed by atoms with Crippen molar-refractivity contribution >= 4 is 17.9 Å². The summed E-state index contributed by atoms with van der Waals surface area (Å²) in [6, 6.07) is 10.9. The van der Waals surface area contributed by atoms with Crippen molar-refractivity contribution in [3.05, 3.63) is 60.1 Å². The van der Waals surface area contributed by atoms with Gasteiger partial charge in [-0.25, -0.2) is 0 Å². The number of benzene rings is 1. The number of ether oxygens (including phenoxy) is 1. The number of nitrogens with zero attached hydrogens (tertiary/aromatic N) is 1. The van der Waals surface area contributed by atoms with Crippen LogP contribution in [0.5, 0.6) is 5.75 Å². The van der Waals surface area contributed by atoms with Crippen molar-refractivity contribution in [2.75, 3.05) is 26.7 Å². The van der Waals surface area contributed by atoms with Crippen LogP contribution in [0.15, 0.2) is 53.2 Å². The molecule has 1 fully saturated rings. The summed E-state index contributed by atoms with van der Waals surface area (Å²) in [6.45, 7) is 1.92. The van der Waals surface area contributed by atoms with Gasteiger partial charge in [-0.3, -0.25) is 9.59 Å². The Balaban J connectivity index is 1.49. The molecule has 0 radical (unpaired) electrons. The summed E-state index contributed by atoms with van der Waals surface area (Å²) in [7, 11) is 1.62. The van der Waals surface area contributed by atoms with Crippen LogP contribution in [0.2, 0.25) is 0 Å². The average molecular weight is 368 g/mol. The lowest BCUT2D eigenvalue weighted by atomic mass is 9.98. The summed E-state index contributed by atoms with van der Waals surface area (Å²) in [5.41, 5.74) is 0.948. The third-order valence-corrected chi connectivity index (χ3v) is 4.66. The van der Waals surface area contributed by atoms with Crippen molar-refractivity contribution in [3.63, 3.8) is 0 Å². The van der Waals surface area contributed by atoms with Crippen LogP contribution >= 0.6 is 0 Å². The number of carbonyl (C=O) groups excluding carboxylic acids is 2. The van der Waals surface area contributed by atoms with E-state index in [-0.39, 0.29) is 17.7 Å². The van der Waals surface area contributed by atoms with Crippen LogP contribution in [0.4, 0.5) is 0 Å². The van der Waals surface area contributed by atoms with Gasteiger partial charge in [-0.1, -0.05) is 12.1 Å². The lowest BCUT2D eigenvalue weighted by molar-refractivity contribution is -0.127. The maximum absolute atomic E-state index is 12.5. The molecule has 3 rings (SSSR count). The molecule has 6 heteroatoms. The summed E-state index contributed by atoms with van der Waals surface area (Å²) in [5.74, 6) is 1.11. The molecule has 27 heavy (non-hydrogen) atoms. The third-order valence-electron chi connectivity index (χ3n) is 4.66. The second-order valence-electron chi connectivity index (χ2n) is 6.59. The molecule has 1 aromatic carbocycles. The number of amides is 2. The molecule has 1 atom stereocenters. The minimum atomic E-state index is -0.220. The predicted molar refractivity (Wildman–Crippen MR) is 102 cm³/mol. The van der Waals surface area contributed by atoms with Gasteiger partial charge in [-0.2, -0.15) is 0 Å². The maximum atomic E-state index is 12.5. The van der Waals surface area contributed by atoms with Gasteiger partial charge in [0, 0.05) is 25.7 Å². The molecule has 0 bridgehead atoms. The highest BCUT2D eigenvalue weighted by molar-refractivity contribution is 5.92. The molecule has 6 nitrogen and oxygen atoms in total. The van der Waals surface area contributed by atoms with Crippen LogP contribution in [0.1, 0.15) is 29.0 Å². The van der Waals surface area contributed by atoms with Crippen LogP contribution in [-0.4, -0.2) is 43.5 Å². The summed E-state index contributed by atoms with van der Waals surface area (Å²) in [4.78, 5) is 26.3. The number of likely N-dealkylation sites (tertiary alicyclic amines) is 1. The Morgan fingerprint density at radius 2 is 2.11 bits per heavy atom. The van der Waals surface area contributed by atoms with Gasteiger partial charge in [-0.15, -0.1) is 0 Å². The molecular formula is C21H24N2O4. The number of methoxy groups -OCH3 is 1. The average Bonchev–Trinajstić information content (AvgIpc) is 3.26. The van der Waals surface area contributed by atoms with Crippen LogP contribution in [0.25, 0.3) is 6.08 Å². The van der Waals surface area contributed by atoms with Gasteiger partial charge in [0.15, 0.2) is 5.76 Å². The number of carbonyl (C=O) groups is 2. The van der Waals surface area contributed by atoms with E-state index in [4.69, 9.17) is 9.15 Å². The van der Waals surface area contributed by atoms with Crippen molar-refractivity contribution in [1.82, 2.24) is 10.2 Å². The van der Waals surface area contributed by atoms with Crippen molar-refractivity contribution in [1.29, 1.82) is 0 Å². The van der Waals surface area contributed by atoms with Crippen LogP contribution < -0.4 is 10.1 Å². The lowest BCUT2D eigenvalue weighted by Gasteiger charge is -2.32. The fraction of sp³-hybridized carbons (Fsp3) is 0.333. The van der Waals surface area contributed by atoms with Crippen molar-refractivity contribution in [3.8, 4) is 5.75 Å². The molecule has 1 N–H and O–H groups in total. The zero-order valence-corrected chi connectivity index (χ0v) is 15.4. The Labute approximate surface area is 158 Å². The van der Waals surface area contributed by atoms with Gasteiger partial charge < -0.3 is 19.4 Å². The van der Waals surface area contributed by atoms with Crippen molar-refractivity contribution in [2.45, 2.75) is 12.8 Å². The maximum Gasteiger partial charge on any atom is 0.286 e. The Hall–Kier alpha value is -3.02. The van der Waals surface area contributed by atoms with E-state index >= 15 is 0 Å². The molecule has 0 aliphatic carbocycles. The predicted octanol–water partition coefficient (Wildman–Crippen LogP) is 2.97. The zero-order chi connectivity index (χ0) is 19.1. The number of nitrogens with one attached hydrogen (secondary N) is 1. The second kappa shape index (κ2) is 9.07. The first-order chi connectivity index (χ1) is 13.2. The summed E-state index contributed by atoms with van der Waals surface area (Å²) >= 11 is 0. The Morgan fingerprint density at radius 1 is 1.30 bits per heavy atom. The molecule has 1 saturated heterocycles.